The second-order valence-electron chi connectivity index (χ2n) is 6.58. The van der Waals surface area contributed by atoms with Gasteiger partial charge in [0.2, 0.25) is 0 Å². The van der Waals surface area contributed by atoms with Crippen molar-refractivity contribution in [2.24, 2.45) is 17.8 Å². The van der Waals surface area contributed by atoms with Gasteiger partial charge in [-0.25, -0.2) is 4.79 Å². The standard InChI is InChI=1S/C17H26N2O2/c1-10(2)12-8-7-11(3)9-15(12)21-17(20)13-5-4-6-14(18)16(13)19/h4-6,10-12,15H,7-9,18-19H2,1-3H3. The van der Waals surface area contributed by atoms with Crippen LogP contribution in [0.3, 0.4) is 0 Å². The molecular weight excluding hydrogens is 264 g/mol. The molecule has 116 valence electrons. The third kappa shape index (κ3) is 3.49. The maximum absolute atomic E-state index is 12.4. The SMILES string of the molecule is CC1CCC(C(C)C)C(OC(=O)c2cccc(N)c2N)C1. The molecule has 0 aliphatic heterocycles. The number of carbonyl (C=O) groups excluding carboxylic acids is 1. The number of para-hydroxylation sites is 1. The van der Waals surface area contributed by atoms with Crippen molar-refractivity contribution in [2.75, 3.05) is 11.5 Å². The smallest absolute Gasteiger partial charge is 0.340 e. The molecule has 0 radical (unpaired) electrons. The van der Waals surface area contributed by atoms with Gasteiger partial charge in [0.15, 0.2) is 0 Å². The van der Waals surface area contributed by atoms with Gasteiger partial charge in [0.1, 0.15) is 6.10 Å². The molecule has 21 heavy (non-hydrogen) atoms. The Balaban J connectivity index is 2.14. The fourth-order valence-electron chi connectivity index (χ4n) is 3.21. The quantitative estimate of drug-likeness (QED) is 0.660. The number of carbonyl (C=O) groups is 1. The molecule has 0 saturated heterocycles. The summed E-state index contributed by atoms with van der Waals surface area (Å²) in [6, 6.07) is 5.09. The molecule has 1 aromatic carbocycles. The molecule has 3 unspecified atom stereocenters. The molecule has 0 heterocycles. The Labute approximate surface area is 126 Å². The predicted octanol–water partition coefficient (Wildman–Crippen LogP) is 3.47. The highest BCUT2D eigenvalue weighted by Gasteiger charge is 2.33. The number of hydrogen-bond acceptors (Lipinski definition) is 4. The van der Waals surface area contributed by atoms with Gasteiger partial charge in [0.25, 0.3) is 0 Å². The minimum absolute atomic E-state index is 0.0259. The number of esters is 1. The van der Waals surface area contributed by atoms with Gasteiger partial charge in [-0.15, -0.1) is 0 Å². The van der Waals surface area contributed by atoms with Crippen LogP contribution in [0.2, 0.25) is 0 Å². The summed E-state index contributed by atoms with van der Waals surface area (Å²) in [5.74, 6) is 1.17. The minimum atomic E-state index is -0.357. The van der Waals surface area contributed by atoms with Crippen LogP contribution in [0.25, 0.3) is 0 Å². The summed E-state index contributed by atoms with van der Waals surface area (Å²) in [6.07, 6.45) is 3.22. The van der Waals surface area contributed by atoms with E-state index in [1.165, 1.54) is 6.42 Å². The van der Waals surface area contributed by atoms with Crippen LogP contribution in [-0.4, -0.2) is 12.1 Å². The van der Waals surface area contributed by atoms with Crippen molar-refractivity contribution in [2.45, 2.75) is 46.1 Å². The van der Waals surface area contributed by atoms with Crippen LogP contribution >= 0.6 is 0 Å². The first-order valence-corrected chi connectivity index (χ1v) is 7.75. The fraction of sp³-hybridized carbons (Fsp3) is 0.588. The minimum Gasteiger partial charge on any atom is -0.458 e. The summed E-state index contributed by atoms with van der Waals surface area (Å²) in [7, 11) is 0. The Morgan fingerprint density at radius 3 is 2.67 bits per heavy atom. The Morgan fingerprint density at radius 1 is 1.29 bits per heavy atom. The molecule has 1 fully saturated rings. The molecule has 0 aromatic heterocycles. The van der Waals surface area contributed by atoms with E-state index >= 15 is 0 Å². The summed E-state index contributed by atoms with van der Waals surface area (Å²) in [5, 5.41) is 0. The summed E-state index contributed by atoms with van der Waals surface area (Å²) in [5.41, 5.74) is 12.7. The molecular formula is C17H26N2O2. The summed E-state index contributed by atoms with van der Waals surface area (Å²) < 4.78 is 5.78. The lowest BCUT2D eigenvalue weighted by Crippen LogP contribution is -2.36. The van der Waals surface area contributed by atoms with Crippen LogP contribution in [0.1, 0.15) is 50.4 Å². The number of ether oxygens (including phenoxy) is 1. The van der Waals surface area contributed by atoms with Gasteiger partial charge in [0, 0.05) is 0 Å². The van der Waals surface area contributed by atoms with Crippen molar-refractivity contribution in [1.82, 2.24) is 0 Å². The summed E-state index contributed by atoms with van der Waals surface area (Å²) in [4.78, 5) is 12.4. The van der Waals surface area contributed by atoms with E-state index in [1.54, 1.807) is 18.2 Å². The fourth-order valence-corrected chi connectivity index (χ4v) is 3.21. The second-order valence-corrected chi connectivity index (χ2v) is 6.58. The van der Waals surface area contributed by atoms with Crippen LogP contribution in [0.4, 0.5) is 11.4 Å². The monoisotopic (exact) mass is 290 g/mol. The first-order chi connectivity index (χ1) is 9.90. The van der Waals surface area contributed by atoms with E-state index in [4.69, 9.17) is 16.2 Å². The molecule has 1 aliphatic carbocycles. The normalized spacial score (nSPS) is 25.8. The first kappa shape index (κ1) is 15.7. The van der Waals surface area contributed by atoms with E-state index in [2.05, 4.69) is 20.8 Å². The molecule has 4 N–H and O–H groups in total. The molecule has 4 nitrogen and oxygen atoms in total. The van der Waals surface area contributed by atoms with Gasteiger partial charge in [-0.3, -0.25) is 0 Å². The molecule has 1 aliphatic rings. The van der Waals surface area contributed by atoms with Crippen molar-refractivity contribution >= 4 is 17.3 Å². The highest BCUT2D eigenvalue weighted by Crippen LogP contribution is 2.36. The number of hydrogen-bond donors (Lipinski definition) is 2. The molecule has 0 bridgehead atoms. The Kier molecular flexibility index (Phi) is 4.76. The van der Waals surface area contributed by atoms with Crippen LogP contribution in [0, 0.1) is 17.8 Å². The van der Waals surface area contributed by atoms with Gasteiger partial charge < -0.3 is 16.2 Å². The lowest BCUT2D eigenvalue weighted by atomic mass is 9.75. The Hall–Kier alpha value is -1.71. The van der Waals surface area contributed by atoms with E-state index in [0.29, 0.717) is 34.7 Å². The highest BCUT2D eigenvalue weighted by atomic mass is 16.5. The average molecular weight is 290 g/mol. The molecule has 3 atom stereocenters. The van der Waals surface area contributed by atoms with Crippen LogP contribution in [0.15, 0.2) is 18.2 Å². The van der Waals surface area contributed by atoms with Gasteiger partial charge in [-0.05, 0) is 42.7 Å². The topological polar surface area (TPSA) is 78.3 Å². The van der Waals surface area contributed by atoms with E-state index in [9.17, 15) is 4.79 Å². The zero-order valence-corrected chi connectivity index (χ0v) is 13.1. The predicted molar refractivity (Wildman–Crippen MR) is 85.8 cm³/mol. The van der Waals surface area contributed by atoms with Gasteiger partial charge in [-0.1, -0.05) is 33.3 Å². The lowest BCUT2D eigenvalue weighted by Gasteiger charge is -2.36. The lowest BCUT2D eigenvalue weighted by molar-refractivity contribution is -0.0173. The van der Waals surface area contributed by atoms with Crippen molar-refractivity contribution in [3.8, 4) is 0 Å². The molecule has 0 spiro atoms. The molecule has 1 saturated carbocycles. The van der Waals surface area contributed by atoms with Crippen molar-refractivity contribution in [1.29, 1.82) is 0 Å². The average Bonchev–Trinajstić information content (AvgIpc) is 2.41. The summed E-state index contributed by atoms with van der Waals surface area (Å²) >= 11 is 0. The van der Waals surface area contributed by atoms with E-state index in [-0.39, 0.29) is 12.1 Å². The maximum atomic E-state index is 12.4. The van der Waals surface area contributed by atoms with Crippen molar-refractivity contribution < 1.29 is 9.53 Å². The molecule has 4 heteroatoms. The first-order valence-electron chi connectivity index (χ1n) is 7.75. The zero-order valence-electron chi connectivity index (χ0n) is 13.1. The number of nitrogens with two attached hydrogens (primary N) is 2. The van der Waals surface area contributed by atoms with Crippen molar-refractivity contribution in [3.05, 3.63) is 23.8 Å². The van der Waals surface area contributed by atoms with Gasteiger partial charge >= 0.3 is 5.97 Å². The third-order valence-electron chi connectivity index (χ3n) is 4.58. The zero-order chi connectivity index (χ0) is 15.6. The highest BCUT2D eigenvalue weighted by molar-refractivity contribution is 5.98. The molecule has 0 amide bonds. The second kappa shape index (κ2) is 6.37. The molecule has 1 aromatic rings. The molecule has 2 rings (SSSR count). The van der Waals surface area contributed by atoms with E-state index in [0.717, 1.165) is 12.8 Å². The maximum Gasteiger partial charge on any atom is 0.340 e. The van der Waals surface area contributed by atoms with Crippen molar-refractivity contribution in [3.63, 3.8) is 0 Å². The third-order valence-corrected chi connectivity index (χ3v) is 4.58. The largest absolute Gasteiger partial charge is 0.458 e. The van der Waals surface area contributed by atoms with E-state index < -0.39 is 0 Å². The number of benzene rings is 1. The summed E-state index contributed by atoms with van der Waals surface area (Å²) in [6.45, 7) is 6.60. The van der Waals surface area contributed by atoms with Gasteiger partial charge in [-0.2, -0.15) is 0 Å². The van der Waals surface area contributed by atoms with Crippen LogP contribution in [0.5, 0.6) is 0 Å². The van der Waals surface area contributed by atoms with Gasteiger partial charge in [0.05, 0.1) is 16.9 Å². The number of nitrogen functional groups attached to an aromatic ring is 2. The number of anilines is 2. The van der Waals surface area contributed by atoms with Crippen LogP contribution in [-0.2, 0) is 4.74 Å². The Morgan fingerprint density at radius 2 is 2.00 bits per heavy atom. The number of rotatable bonds is 3. The Bertz CT molecular complexity index is 514. The van der Waals surface area contributed by atoms with E-state index in [1.807, 2.05) is 0 Å². The van der Waals surface area contributed by atoms with Crippen LogP contribution < -0.4 is 11.5 Å².